The Morgan fingerprint density at radius 1 is 1.41 bits per heavy atom. The molecular formula is C12H12N2O2S. The summed E-state index contributed by atoms with van der Waals surface area (Å²) >= 11 is 1.53. The van der Waals surface area contributed by atoms with E-state index < -0.39 is 12.0 Å². The van der Waals surface area contributed by atoms with Crippen molar-refractivity contribution >= 4 is 17.3 Å². The van der Waals surface area contributed by atoms with Gasteiger partial charge >= 0.3 is 5.97 Å². The lowest BCUT2D eigenvalue weighted by atomic mass is 10.2. The number of aliphatic carboxylic acids is 1. The first kappa shape index (κ1) is 11.8. The molecule has 5 heteroatoms. The number of carbonyl (C=O) groups is 1. The minimum Gasteiger partial charge on any atom is -0.480 e. The quantitative estimate of drug-likeness (QED) is 0.864. The van der Waals surface area contributed by atoms with Crippen LogP contribution in [0.3, 0.4) is 0 Å². The molecule has 0 aromatic carbocycles. The van der Waals surface area contributed by atoms with Crippen molar-refractivity contribution in [3.8, 4) is 10.6 Å². The van der Waals surface area contributed by atoms with E-state index in [0.29, 0.717) is 6.42 Å². The molecule has 0 saturated heterocycles. The van der Waals surface area contributed by atoms with Gasteiger partial charge in [0, 0.05) is 17.5 Å². The lowest BCUT2D eigenvalue weighted by Gasteiger charge is -2.02. The van der Waals surface area contributed by atoms with Gasteiger partial charge in [-0.2, -0.15) is 0 Å². The number of thiophene rings is 1. The van der Waals surface area contributed by atoms with Crippen molar-refractivity contribution in [2.75, 3.05) is 0 Å². The average molecular weight is 248 g/mol. The number of carboxylic acid groups (broad SMARTS) is 1. The monoisotopic (exact) mass is 248 g/mol. The molecule has 1 unspecified atom stereocenters. The molecule has 2 heterocycles. The van der Waals surface area contributed by atoms with E-state index in [1.165, 1.54) is 11.3 Å². The van der Waals surface area contributed by atoms with Gasteiger partial charge < -0.3 is 10.8 Å². The number of hydrogen-bond donors (Lipinski definition) is 2. The van der Waals surface area contributed by atoms with Crippen LogP contribution in [0.2, 0.25) is 0 Å². The molecule has 0 bridgehead atoms. The number of hydrogen-bond acceptors (Lipinski definition) is 4. The number of rotatable bonds is 4. The third kappa shape index (κ3) is 2.89. The molecule has 0 amide bonds. The zero-order chi connectivity index (χ0) is 12.3. The van der Waals surface area contributed by atoms with E-state index in [4.69, 9.17) is 10.8 Å². The second kappa shape index (κ2) is 5.07. The summed E-state index contributed by atoms with van der Waals surface area (Å²) in [5, 5.41) is 8.73. The second-order valence-electron chi connectivity index (χ2n) is 3.63. The molecule has 0 aliphatic carbocycles. The lowest BCUT2D eigenvalue weighted by Crippen LogP contribution is -2.31. The van der Waals surface area contributed by atoms with Crippen molar-refractivity contribution < 1.29 is 9.90 Å². The zero-order valence-corrected chi connectivity index (χ0v) is 9.85. The molecule has 0 aliphatic rings. The van der Waals surface area contributed by atoms with Crippen LogP contribution in [-0.2, 0) is 11.2 Å². The van der Waals surface area contributed by atoms with E-state index in [-0.39, 0.29) is 0 Å². The molecule has 0 aliphatic heterocycles. The second-order valence-corrected chi connectivity index (χ2v) is 4.80. The minimum atomic E-state index is -0.974. The summed E-state index contributed by atoms with van der Waals surface area (Å²) in [6, 6.07) is 8.70. The van der Waals surface area contributed by atoms with Crippen LogP contribution in [0.25, 0.3) is 10.6 Å². The first-order chi connectivity index (χ1) is 8.16. The molecule has 88 valence electrons. The van der Waals surface area contributed by atoms with Gasteiger partial charge in [0.05, 0.1) is 10.6 Å². The standard InChI is InChI=1S/C12H12N2O2S/c13-9(12(15)16)7-8-4-5-11(17-8)10-3-1-2-6-14-10/h1-6,9H,7,13H2,(H,15,16). The Morgan fingerprint density at radius 2 is 2.24 bits per heavy atom. The van der Waals surface area contributed by atoms with Gasteiger partial charge in [0.15, 0.2) is 0 Å². The zero-order valence-electron chi connectivity index (χ0n) is 9.04. The first-order valence-corrected chi connectivity index (χ1v) is 5.97. The molecule has 0 saturated carbocycles. The highest BCUT2D eigenvalue weighted by Crippen LogP contribution is 2.26. The normalized spacial score (nSPS) is 12.3. The summed E-state index contributed by atoms with van der Waals surface area (Å²) in [5.74, 6) is -0.974. The van der Waals surface area contributed by atoms with E-state index in [9.17, 15) is 4.79 Å². The molecule has 3 N–H and O–H groups in total. The van der Waals surface area contributed by atoms with Crippen molar-refractivity contribution in [3.05, 3.63) is 41.4 Å². The molecular weight excluding hydrogens is 236 g/mol. The fraction of sp³-hybridized carbons (Fsp3) is 0.167. The Morgan fingerprint density at radius 3 is 2.88 bits per heavy atom. The van der Waals surface area contributed by atoms with E-state index in [1.807, 2.05) is 30.3 Å². The highest BCUT2D eigenvalue weighted by Gasteiger charge is 2.13. The smallest absolute Gasteiger partial charge is 0.320 e. The van der Waals surface area contributed by atoms with Crippen LogP contribution in [0.15, 0.2) is 36.5 Å². The molecule has 1 atom stereocenters. The predicted molar refractivity (Wildman–Crippen MR) is 66.9 cm³/mol. The SMILES string of the molecule is NC(Cc1ccc(-c2ccccn2)s1)C(=O)O. The lowest BCUT2D eigenvalue weighted by molar-refractivity contribution is -0.138. The van der Waals surface area contributed by atoms with Crippen molar-refractivity contribution in [3.63, 3.8) is 0 Å². The minimum absolute atomic E-state index is 0.354. The van der Waals surface area contributed by atoms with Gasteiger partial charge in [-0.05, 0) is 24.3 Å². The van der Waals surface area contributed by atoms with Crippen LogP contribution >= 0.6 is 11.3 Å². The summed E-state index contributed by atoms with van der Waals surface area (Å²) in [5.41, 5.74) is 6.38. The molecule has 2 rings (SSSR count). The topological polar surface area (TPSA) is 76.2 Å². The van der Waals surface area contributed by atoms with Gasteiger partial charge in [-0.3, -0.25) is 9.78 Å². The van der Waals surface area contributed by atoms with Crippen LogP contribution in [0.4, 0.5) is 0 Å². The Balaban J connectivity index is 2.14. The maximum atomic E-state index is 10.6. The Kier molecular flexibility index (Phi) is 3.51. The number of pyridine rings is 1. The van der Waals surface area contributed by atoms with Gasteiger partial charge in [-0.1, -0.05) is 6.07 Å². The summed E-state index contributed by atoms with van der Waals surface area (Å²) in [6.45, 7) is 0. The number of nitrogens with two attached hydrogens (primary N) is 1. The summed E-state index contributed by atoms with van der Waals surface area (Å²) in [7, 11) is 0. The van der Waals surface area contributed by atoms with Crippen molar-refractivity contribution in [1.29, 1.82) is 0 Å². The van der Waals surface area contributed by atoms with Gasteiger partial charge in [-0.15, -0.1) is 11.3 Å². The van der Waals surface area contributed by atoms with Crippen LogP contribution in [0, 0.1) is 0 Å². The molecule has 0 radical (unpaired) electrons. The number of nitrogens with zero attached hydrogens (tertiary/aromatic N) is 1. The molecule has 17 heavy (non-hydrogen) atoms. The van der Waals surface area contributed by atoms with E-state index in [1.54, 1.807) is 6.20 Å². The highest BCUT2D eigenvalue weighted by atomic mass is 32.1. The average Bonchev–Trinajstić information content (AvgIpc) is 2.78. The fourth-order valence-corrected chi connectivity index (χ4v) is 2.48. The molecule has 0 spiro atoms. The molecule has 4 nitrogen and oxygen atoms in total. The van der Waals surface area contributed by atoms with Crippen LogP contribution in [0.1, 0.15) is 4.88 Å². The van der Waals surface area contributed by atoms with Gasteiger partial charge in [0.2, 0.25) is 0 Å². The van der Waals surface area contributed by atoms with Gasteiger partial charge in [-0.25, -0.2) is 0 Å². The van der Waals surface area contributed by atoms with Crippen molar-refractivity contribution in [2.45, 2.75) is 12.5 Å². The third-order valence-corrected chi connectivity index (χ3v) is 3.45. The van der Waals surface area contributed by atoms with Gasteiger partial charge in [0.1, 0.15) is 6.04 Å². The summed E-state index contributed by atoms with van der Waals surface area (Å²) in [6.07, 6.45) is 2.09. The molecule has 0 fully saturated rings. The Bertz CT molecular complexity index is 510. The third-order valence-electron chi connectivity index (χ3n) is 2.32. The molecule has 2 aromatic rings. The Hall–Kier alpha value is -1.72. The van der Waals surface area contributed by atoms with Crippen molar-refractivity contribution in [2.24, 2.45) is 5.73 Å². The summed E-state index contributed by atoms with van der Waals surface area (Å²) in [4.78, 5) is 16.9. The highest BCUT2D eigenvalue weighted by molar-refractivity contribution is 7.15. The predicted octanol–water partition coefficient (Wildman–Crippen LogP) is 1.76. The molecule has 2 aromatic heterocycles. The fourth-order valence-electron chi connectivity index (χ4n) is 1.44. The maximum absolute atomic E-state index is 10.6. The number of aromatic nitrogens is 1. The van der Waals surface area contributed by atoms with Crippen LogP contribution in [0.5, 0.6) is 0 Å². The summed E-state index contributed by atoms with van der Waals surface area (Å²) < 4.78 is 0. The van der Waals surface area contributed by atoms with Crippen LogP contribution < -0.4 is 5.73 Å². The Labute approximate surface area is 103 Å². The van der Waals surface area contributed by atoms with Crippen molar-refractivity contribution in [1.82, 2.24) is 4.98 Å². The van der Waals surface area contributed by atoms with E-state index >= 15 is 0 Å². The largest absolute Gasteiger partial charge is 0.480 e. The van der Waals surface area contributed by atoms with Crippen LogP contribution in [-0.4, -0.2) is 22.1 Å². The van der Waals surface area contributed by atoms with Gasteiger partial charge in [0.25, 0.3) is 0 Å². The van der Waals surface area contributed by atoms with E-state index in [0.717, 1.165) is 15.4 Å². The first-order valence-electron chi connectivity index (χ1n) is 5.15. The number of carboxylic acids is 1. The maximum Gasteiger partial charge on any atom is 0.320 e. The van der Waals surface area contributed by atoms with E-state index in [2.05, 4.69) is 4.98 Å².